The van der Waals surface area contributed by atoms with Crippen molar-refractivity contribution >= 4 is 11.4 Å². The number of para-hydroxylation sites is 1. The van der Waals surface area contributed by atoms with Crippen molar-refractivity contribution in [1.29, 1.82) is 0 Å². The first-order valence-electron chi connectivity index (χ1n) is 8.00. The molecular weight excluding hydrogens is 290 g/mol. The fraction of sp³-hybridized carbons (Fsp3) is 0.333. The van der Waals surface area contributed by atoms with Crippen LogP contribution in [0, 0.1) is 10.1 Å². The number of nitrogens with two attached hydrogens (primary N) is 1. The van der Waals surface area contributed by atoms with Crippen LogP contribution in [0.1, 0.15) is 24.8 Å². The largest absolute Gasteiger partial charge is 0.398 e. The van der Waals surface area contributed by atoms with Crippen molar-refractivity contribution in [3.63, 3.8) is 0 Å². The molecule has 1 aliphatic heterocycles. The molecule has 0 spiro atoms. The van der Waals surface area contributed by atoms with E-state index in [9.17, 15) is 10.1 Å². The van der Waals surface area contributed by atoms with Gasteiger partial charge in [0.1, 0.15) is 0 Å². The molecule has 1 aliphatic rings. The molecule has 1 saturated heterocycles. The Kier molecular flexibility index (Phi) is 4.57. The Hall–Kier alpha value is -2.40. The molecular formula is C18H21N3O2. The molecule has 5 nitrogen and oxygen atoms in total. The summed E-state index contributed by atoms with van der Waals surface area (Å²) in [6, 6.07) is 12.7. The van der Waals surface area contributed by atoms with E-state index >= 15 is 0 Å². The summed E-state index contributed by atoms with van der Waals surface area (Å²) in [6.07, 6.45) is 3.70. The highest BCUT2D eigenvalue weighted by Crippen LogP contribution is 2.34. The molecule has 0 radical (unpaired) electrons. The summed E-state index contributed by atoms with van der Waals surface area (Å²) in [7, 11) is 0. The second-order valence-electron chi connectivity index (χ2n) is 6.03. The summed E-state index contributed by atoms with van der Waals surface area (Å²) >= 11 is 0. The van der Waals surface area contributed by atoms with Crippen molar-refractivity contribution in [2.24, 2.45) is 0 Å². The molecule has 1 fully saturated rings. The smallest absolute Gasteiger partial charge is 0.277 e. The number of anilines is 1. The maximum atomic E-state index is 11.5. The molecule has 23 heavy (non-hydrogen) atoms. The van der Waals surface area contributed by atoms with Crippen molar-refractivity contribution < 1.29 is 4.92 Å². The highest BCUT2D eigenvalue weighted by Gasteiger charge is 2.19. The summed E-state index contributed by atoms with van der Waals surface area (Å²) < 4.78 is 0. The number of nitrogens with zero attached hydrogens (tertiary/aromatic N) is 2. The Morgan fingerprint density at radius 1 is 1.04 bits per heavy atom. The summed E-state index contributed by atoms with van der Waals surface area (Å²) in [5.41, 5.74) is 8.93. The summed E-state index contributed by atoms with van der Waals surface area (Å²) in [5.74, 6) is 0. The van der Waals surface area contributed by atoms with Gasteiger partial charge in [-0.15, -0.1) is 0 Å². The third-order valence-electron chi connectivity index (χ3n) is 4.36. The van der Waals surface area contributed by atoms with E-state index in [1.165, 1.54) is 19.3 Å². The van der Waals surface area contributed by atoms with Gasteiger partial charge in [0.25, 0.3) is 5.69 Å². The van der Waals surface area contributed by atoms with Crippen LogP contribution in [-0.2, 0) is 6.54 Å². The number of nitro benzene ring substituents is 1. The fourth-order valence-corrected chi connectivity index (χ4v) is 3.17. The lowest BCUT2D eigenvalue weighted by atomic mass is 9.99. The normalized spacial score (nSPS) is 15.5. The average molecular weight is 311 g/mol. The third-order valence-corrected chi connectivity index (χ3v) is 4.36. The van der Waals surface area contributed by atoms with Crippen LogP contribution in [0.4, 0.5) is 11.4 Å². The quantitative estimate of drug-likeness (QED) is 0.529. The molecule has 5 heteroatoms. The van der Waals surface area contributed by atoms with Gasteiger partial charge >= 0.3 is 0 Å². The maximum absolute atomic E-state index is 11.5. The molecule has 0 bridgehead atoms. The number of nitrogen functional groups attached to an aromatic ring is 1. The second-order valence-corrected chi connectivity index (χ2v) is 6.03. The predicted molar refractivity (Wildman–Crippen MR) is 92.1 cm³/mol. The topological polar surface area (TPSA) is 72.4 Å². The average Bonchev–Trinajstić information content (AvgIpc) is 2.56. The van der Waals surface area contributed by atoms with E-state index < -0.39 is 0 Å². The predicted octanol–water partition coefficient (Wildman–Crippen LogP) is 3.83. The zero-order valence-corrected chi connectivity index (χ0v) is 13.1. The molecule has 3 rings (SSSR count). The number of benzene rings is 2. The van der Waals surface area contributed by atoms with Crippen molar-refractivity contribution in [2.45, 2.75) is 25.8 Å². The van der Waals surface area contributed by atoms with Crippen molar-refractivity contribution in [3.05, 3.63) is 58.1 Å². The number of rotatable bonds is 4. The van der Waals surface area contributed by atoms with Gasteiger partial charge in [-0.1, -0.05) is 30.7 Å². The van der Waals surface area contributed by atoms with E-state index in [0.717, 1.165) is 25.2 Å². The Morgan fingerprint density at radius 3 is 2.48 bits per heavy atom. The lowest BCUT2D eigenvalue weighted by Crippen LogP contribution is -2.29. The van der Waals surface area contributed by atoms with Crippen LogP contribution in [0.25, 0.3) is 11.1 Å². The maximum Gasteiger partial charge on any atom is 0.277 e. The van der Waals surface area contributed by atoms with E-state index in [1.807, 2.05) is 30.3 Å². The first-order chi connectivity index (χ1) is 11.1. The Morgan fingerprint density at radius 2 is 1.78 bits per heavy atom. The highest BCUT2D eigenvalue weighted by molar-refractivity contribution is 5.82. The van der Waals surface area contributed by atoms with Crippen molar-refractivity contribution in [2.75, 3.05) is 18.8 Å². The number of piperidine rings is 1. The Bertz CT molecular complexity index is 709. The summed E-state index contributed by atoms with van der Waals surface area (Å²) in [5, 5.41) is 11.5. The zero-order chi connectivity index (χ0) is 16.2. The van der Waals surface area contributed by atoms with Gasteiger partial charge < -0.3 is 5.73 Å². The Balaban J connectivity index is 1.92. The van der Waals surface area contributed by atoms with Gasteiger partial charge in [0, 0.05) is 23.9 Å². The van der Waals surface area contributed by atoms with Gasteiger partial charge in [-0.25, -0.2) is 0 Å². The number of nitro groups is 1. The molecule has 0 unspecified atom stereocenters. The van der Waals surface area contributed by atoms with E-state index in [4.69, 9.17) is 5.73 Å². The minimum atomic E-state index is -0.318. The van der Waals surface area contributed by atoms with Crippen LogP contribution < -0.4 is 5.73 Å². The van der Waals surface area contributed by atoms with Crippen LogP contribution >= 0.6 is 0 Å². The highest BCUT2D eigenvalue weighted by atomic mass is 16.6. The second kappa shape index (κ2) is 6.79. The molecule has 0 aromatic heterocycles. The van der Waals surface area contributed by atoms with Crippen molar-refractivity contribution in [3.8, 4) is 11.1 Å². The van der Waals surface area contributed by atoms with Crippen LogP contribution in [0.5, 0.6) is 0 Å². The molecule has 120 valence electrons. The van der Waals surface area contributed by atoms with Crippen LogP contribution in [0.2, 0.25) is 0 Å². The number of hydrogen-bond acceptors (Lipinski definition) is 4. The van der Waals surface area contributed by atoms with Gasteiger partial charge in [-0.3, -0.25) is 15.0 Å². The molecule has 0 saturated carbocycles. The number of hydrogen-bond donors (Lipinski definition) is 1. The standard InChI is InChI=1S/C18H21N3O2/c19-17-7-3-2-6-15(17)16-9-8-14(12-18(16)21(22)23)13-20-10-4-1-5-11-20/h2-3,6-9,12H,1,4-5,10-11,13,19H2. The van der Waals surface area contributed by atoms with E-state index in [2.05, 4.69) is 4.90 Å². The van der Waals surface area contributed by atoms with Crippen LogP contribution in [-0.4, -0.2) is 22.9 Å². The van der Waals surface area contributed by atoms with E-state index in [1.54, 1.807) is 12.1 Å². The minimum absolute atomic E-state index is 0.123. The lowest BCUT2D eigenvalue weighted by molar-refractivity contribution is -0.384. The molecule has 0 aliphatic carbocycles. The van der Waals surface area contributed by atoms with E-state index in [0.29, 0.717) is 16.8 Å². The molecule has 2 aromatic rings. The van der Waals surface area contributed by atoms with Gasteiger partial charge in [-0.05, 0) is 43.6 Å². The fourth-order valence-electron chi connectivity index (χ4n) is 3.17. The van der Waals surface area contributed by atoms with E-state index in [-0.39, 0.29) is 10.6 Å². The molecule has 1 heterocycles. The molecule has 0 atom stereocenters. The SMILES string of the molecule is Nc1ccccc1-c1ccc(CN2CCCCC2)cc1[N+](=O)[O-]. The van der Waals surface area contributed by atoms with Gasteiger partial charge in [-0.2, -0.15) is 0 Å². The first-order valence-corrected chi connectivity index (χ1v) is 8.00. The molecule has 2 aromatic carbocycles. The first kappa shape index (κ1) is 15.5. The molecule has 0 amide bonds. The lowest BCUT2D eigenvalue weighted by Gasteiger charge is -2.26. The minimum Gasteiger partial charge on any atom is -0.398 e. The third kappa shape index (κ3) is 3.51. The summed E-state index contributed by atoms with van der Waals surface area (Å²) in [6.45, 7) is 2.91. The van der Waals surface area contributed by atoms with Crippen LogP contribution in [0.3, 0.4) is 0 Å². The Labute approximate surface area is 135 Å². The van der Waals surface area contributed by atoms with Crippen molar-refractivity contribution in [1.82, 2.24) is 4.90 Å². The van der Waals surface area contributed by atoms with Gasteiger partial charge in [0.2, 0.25) is 0 Å². The monoisotopic (exact) mass is 311 g/mol. The summed E-state index contributed by atoms with van der Waals surface area (Å²) in [4.78, 5) is 13.5. The van der Waals surface area contributed by atoms with Gasteiger partial charge in [0.15, 0.2) is 0 Å². The van der Waals surface area contributed by atoms with Crippen LogP contribution in [0.15, 0.2) is 42.5 Å². The van der Waals surface area contributed by atoms with Gasteiger partial charge in [0.05, 0.1) is 10.5 Å². The zero-order valence-electron chi connectivity index (χ0n) is 13.1. The number of likely N-dealkylation sites (tertiary alicyclic amines) is 1. The molecule has 2 N–H and O–H groups in total.